The molecule has 0 bridgehead atoms. The van der Waals surface area contributed by atoms with E-state index in [0.717, 1.165) is 35.8 Å². The topological polar surface area (TPSA) is 35.5 Å². The van der Waals surface area contributed by atoms with Gasteiger partial charge in [0.2, 0.25) is 0 Å². The van der Waals surface area contributed by atoms with E-state index in [9.17, 15) is 5.11 Å². The second kappa shape index (κ2) is 4.84. The summed E-state index contributed by atoms with van der Waals surface area (Å²) >= 11 is 6.23. The zero-order valence-electron chi connectivity index (χ0n) is 10.3. The smallest absolute Gasteiger partial charge is 0.0810 e. The van der Waals surface area contributed by atoms with E-state index in [0.29, 0.717) is 6.54 Å². The van der Waals surface area contributed by atoms with Crippen LogP contribution in [0.5, 0.6) is 0 Å². The summed E-state index contributed by atoms with van der Waals surface area (Å²) in [5.74, 6) is 0. The molecular weight excluding hydrogens is 236 g/mol. The van der Waals surface area contributed by atoms with Crippen molar-refractivity contribution in [3.63, 3.8) is 0 Å². The highest BCUT2D eigenvalue weighted by atomic mass is 35.5. The van der Waals surface area contributed by atoms with Crippen molar-refractivity contribution in [2.45, 2.75) is 25.5 Å². The fourth-order valence-electron chi connectivity index (χ4n) is 2.23. The first-order valence-electron chi connectivity index (χ1n) is 5.92. The molecule has 0 spiro atoms. The zero-order chi connectivity index (χ0) is 12.5. The van der Waals surface area contributed by atoms with Crippen molar-refractivity contribution >= 4 is 17.3 Å². The third-order valence-electron chi connectivity index (χ3n) is 3.22. The number of rotatable bonds is 3. The van der Waals surface area contributed by atoms with Crippen LogP contribution < -0.4 is 10.2 Å². The summed E-state index contributed by atoms with van der Waals surface area (Å²) in [5, 5.41) is 13.8. The first-order valence-corrected chi connectivity index (χ1v) is 6.30. The number of anilines is 1. The van der Waals surface area contributed by atoms with Gasteiger partial charge in [-0.1, -0.05) is 17.7 Å². The molecule has 0 aromatic heterocycles. The molecule has 1 aromatic rings. The molecule has 1 aliphatic rings. The third kappa shape index (κ3) is 2.92. The fraction of sp³-hybridized carbons (Fsp3) is 0.538. The Morgan fingerprint density at radius 3 is 2.82 bits per heavy atom. The van der Waals surface area contributed by atoms with Gasteiger partial charge in [-0.25, -0.2) is 0 Å². The van der Waals surface area contributed by atoms with Gasteiger partial charge in [-0.05, 0) is 38.1 Å². The van der Waals surface area contributed by atoms with Crippen LogP contribution in [-0.4, -0.2) is 30.8 Å². The van der Waals surface area contributed by atoms with E-state index in [1.54, 1.807) is 0 Å². The summed E-state index contributed by atoms with van der Waals surface area (Å²) in [6.07, 6.45) is 0.808. The van der Waals surface area contributed by atoms with Crippen molar-refractivity contribution < 1.29 is 5.11 Å². The van der Waals surface area contributed by atoms with Gasteiger partial charge in [0.1, 0.15) is 0 Å². The number of β-amino-alcohol motifs (C(OH)–C–C–N with tert-alkyl or cyclic N) is 1. The largest absolute Gasteiger partial charge is 0.388 e. The monoisotopic (exact) mass is 254 g/mol. The van der Waals surface area contributed by atoms with E-state index in [1.807, 2.05) is 26.1 Å². The lowest BCUT2D eigenvalue weighted by Gasteiger charge is -2.21. The van der Waals surface area contributed by atoms with Gasteiger partial charge < -0.3 is 15.3 Å². The molecule has 1 fully saturated rings. The van der Waals surface area contributed by atoms with Crippen LogP contribution in [-0.2, 0) is 6.54 Å². The Morgan fingerprint density at radius 2 is 2.29 bits per heavy atom. The fourth-order valence-corrected chi connectivity index (χ4v) is 2.47. The van der Waals surface area contributed by atoms with Crippen LogP contribution in [0.15, 0.2) is 18.2 Å². The lowest BCUT2D eigenvalue weighted by atomic mass is 10.1. The maximum Gasteiger partial charge on any atom is 0.0810 e. The minimum absolute atomic E-state index is 0.573. The summed E-state index contributed by atoms with van der Waals surface area (Å²) in [4.78, 5) is 2.18. The number of aliphatic hydroxyl groups is 1. The third-order valence-corrected chi connectivity index (χ3v) is 3.57. The molecule has 3 nitrogen and oxygen atoms in total. The molecule has 0 amide bonds. The van der Waals surface area contributed by atoms with Crippen molar-refractivity contribution in [2.75, 3.05) is 25.0 Å². The average Bonchev–Trinajstić information content (AvgIpc) is 2.62. The van der Waals surface area contributed by atoms with Crippen LogP contribution in [0.3, 0.4) is 0 Å². The molecule has 4 heteroatoms. The van der Waals surface area contributed by atoms with Gasteiger partial charge in [0.15, 0.2) is 0 Å². The summed E-state index contributed by atoms with van der Waals surface area (Å²) in [6, 6.07) is 6.09. The SMILES string of the molecule is CNCc1ccc(N2CCC(C)(O)C2)cc1Cl. The predicted octanol–water partition coefficient (Wildman–Crippen LogP) is 2.02. The Hall–Kier alpha value is -0.770. The minimum Gasteiger partial charge on any atom is -0.388 e. The highest BCUT2D eigenvalue weighted by Crippen LogP contribution is 2.29. The maximum absolute atomic E-state index is 9.95. The highest BCUT2D eigenvalue weighted by molar-refractivity contribution is 6.31. The normalized spacial score (nSPS) is 24.4. The summed E-state index contributed by atoms with van der Waals surface area (Å²) in [6.45, 7) is 4.21. The summed E-state index contributed by atoms with van der Waals surface area (Å²) in [7, 11) is 1.90. The Labute approximate surface area is 107 Å². The van der Waals surface area contributed by atoms with Crippen LogP contribution in [0.25, 0.3) is 0 Å². The first-order chi connectivity index (χ1) is 8.02. The molecule has 1 aromatic carbocycles. The molecule has 0 radical (unpaired) electrons. The lowest BCUT2D eigenvalue weighted by molar-refractivity contribution is 0.0839. The number of hydrogen-bond donors (Lipinski definition) is 2. The Kier molecular flexibility index (Phi) is 3.61. The second-order valence-corrected chi connectivity index (χ2v) is 5.38. The number of nitrogens with one attached hydrogen (secondary N) is 1. The molecule has 1 atom stereocenters. The van der Waals surface area contributed by atoms with Gasteiger partial charge in [0.25, 0.3) is 0 Å². The number of nitrogens with zero attached hydrogens (tertiary/aromatic N) is 1. The molecule has 1 heterocycles. The highest BCUT2D eigenvalue weighted by Gasteiger charge is 2.31. The van der Waals surface area contributed by atoms with Gasteiger partial charge in [0.05, 0.1) is 5.60 Å². The van der Waals surface area contributed by atoms with Crippen molar-refractivity contribution in [1.29, 1.82) is 0 Å². The molecule has 2 rings (SSSR count). The molecular formula is C13H19ClN2O. The van der Waals surface area contributed by atoms with E-state index < -0.39 is 5.60 Å². The van der Waals surface area contributed by atoms with E-state index in [2.05, 4.69) is 16.3 Å². The first kappa shape index (κ1) is 12.7. The molecule has 1 unspecified atom stereocenters. The van der Waals surface area contributed by atoms with Crippen LogP contribution in [0, 0.1) is 0 Å². The molecule has 1 saturated heterocycles. The summed E-state index contributed by atoms with van der Waals surface area (Å²) < 4.78 is 0. The van der Waals surface area contributed by atoms with Crippen LogP contribution >= 0.6 is 11.6 Å². The van der Waals surface area contributed by atoms with Gasteiger partial charge in [-0.3, -0.25) is 0 Å². The van der Waals surface area contributed by atoms with Crippen molar-refractivity contribution in [3.8, 4) is 0 Å². The van der Waals surface area contributed by atoms with Gasteiger partial charge in [-0.15, -0.1) is 0 Å². The van der Waals surface area contributed by atoms with Crippen LogP contribution in [0.2, 0.25) is 5.02 Å². The Balaban J connectivity index is 2.15. The average molecular weight is 255 g/mol. The molecule has 2 N–H and O–H groups in total. The second-order valence-electron chi connectivity index (χ2n) is 4.97. The summed E-state index contributed by atoms with van der Waals surface area (Å²) in [5.41, 5.74) is 1.62. The number of benzene rings is 1. The van der Waals surface area contributed by atoms with E-state index in [1.165, 1.54) is 0 Å². The number of hydrogen-bond acceptors (Lipinski definition) is 3. The Morgan fingerprint density at radius 1 is 1.53 bits per heavy atom. The van der Waals surface area contributed by atoms with Gasteiger partial charge >= 0.3 is 0 Å². The van der Waals surface area contributed by atoms with E-state index in [4.69, 9.17) is 11.6 Å². The standard InChI is InChI=1S/C13H19ClN2O/c1-13(17)5-6-16(9-13)11-4-3-10(8-15-2)12(14)7-11/h3-4,7,15,17H,5-6,8-9H2,1-2H3. The molecule has 1 aliphatic heterocycles. The van der Waals surface area contributed by atoms with E-state index >= 15 is 0 Å². The molecule has 0 aliphatic carbocycles. The molecule has 17 heavy (non-hydrogen) atoms. The molecule has 0 saturated carbocycles. The Bertz CT molecular complexity index is 406. The van der Waals surface area contributed by atoms with E-state index in [-0.39, 0.29) is 0 Å². The predicted molar refractivity (Wildman–Crippen MR) is 71.7 cm³/mol. The minimum atomic E-state index is -0.573. The maximum atomic E-state index is 9.95. The molecule has 94 valence electrons. The number of halogens is 1. The van der Waals surface area contributed by atoms with Crippen molar-refractivity contribution in [3.05, 3.63) is 28.8 Å². The van der Waals surface area contributed by atoms with Crippen molar-refractivity contribution in [1.82, 2.24) is 5.32 Å². The van der Waals surface area contributed by atoms with Gasteiger partial charge in [0, 0.05) is 30.3 Å². The quantitative estimate of drug-likeness (QED) is 0.866. The van der Waals surface area contributed by atoms with Crippen molar-refractivity contribution in [2.24, 2.45) is 0 Å². The van der Waals surface area contributed by atoms with Crippen LogP contribution in [0.1, 0.15) is 18.9 Å². The van der Waals surface area contributed by atoms with Gasteiger partial charge in [-0.2, -0.15) is 0 Å². The lowest BCUT2D eigenvalue weighted by Crippen LogP contribution is -2.29. The zero-order valence-corrected chi connectivity index (χ0v) is 11.1. The van der Waals surface area contributed by atoms with Crippen LogP contribution in [0.4, 0.5) is 5.69 Å².